The summed E-state index contributed by atoms with van der Waals surface area (Å²) in [6.07, 6.45) is 1.54. The molecule has 1 atom stereocenters. The van der Waals surface area contributed by atoms with Crippen LogP contribution in [0.2, 0.25) is 0 Å². The molecule has 1 unspecified atom stereocenters. The molecular weight excluding hydrogens is 690 g/mol. The SMILES string of the molecule is COc1ccc(OC)c(/C=C(\NC(=O)c2ccccc2)C(=O)Nc2ccc(SC(C(=O)Nc3ccc(Br)cc3)c3ccccc3)cc2)c1. The number of hydrogen-bond acceptors (Lipinski definition) is 6. The minimum Gasteiger partial charge on any atom is -0.497 e. The molecule has 3 amide bonds. The van der Waals surface area contributed by atoms with E-state index < -0.39 is 17.1 Å². The van der Waals surface area contributed by atoms with Gasteiger partial charge < -0.3 is 25.4 Å². The van der Waals surface area contributed by atoms with E-state index in [9.17, 15) is 14.4 Å². The molecule has 0 aromatic heterocycles. The molecule has 0 saturated heterocycles. The molecule has 0 heterocycles. The van der Waals surface area contributed by atoms with Gasteiger partial charge in [-0.25, -0.2) is 0 Å². The van der Waals surface area contributed by atoms with Crippen molar-refractivity contribution in [3.63, 3.8) is 0 Å². The molecule has 3 N–H and O–H groups in total. The number of carbonyl (C=O) groups excluding carboxylic acids is 3. The van der Waals surface area contributed by atoms with Crippen molar-refractivity contribution in [2.45, 2.75) is 10.1 Å². The standard InChI is InChI=1S/C38H32BrN3O5S/c1-46-31-19-22-34(47-2)27(23-31)24-33(42-36(43)26-11-7-4-8-12-26)37(44)40-30-17-20-32(21-18-30)48-35(25-9-5-3-6-10-25)38(45)41-29-15-13-28(39)14-16-29/h3-24,35H,1-2H3,(H,40,44)(H,41,45)(H,42,43)/b33-24-. The monoisotopic (exact) mass is 721 g/mol. The minimum atomic E-state index is -0.541. The molecule has 0 radical (unpaired) electrons. The zero-order valence-electron chi connectivity index (χ0n) is 26.1. The highest BCUT2D eigenvalue weighted by atomic mass is 79.9. The Morgan fingerprint density at radius 2 is 1.35 bits per heavy atom. The maximum atomic E-state index is 13.6. The number of halogens is 1. The summed E-state index contributed by atoms with van der Waals surface area (Å²) in [5, 5.41) is 8.09. The largest absolute Gasteiger partial charge is 0.497 e. The Bertz CT molecular complexity index is 1900. The van der Waals surface area contributed by atoms with Crippen molar-refractivity contribution in [2.24, 2.45) is 0 Å². The van der Waals surface area contributed by atoms with Crippen molar-refractivity contribution >= 4 is 62.9 Å². The van der Waals surface area contributed by atoms with Crippen LogP contribution in [0.25, 0.3) is 6.08 Å². The number of anilines is 2. The first-order valence-corrected chi connectivity index (χ1v) is 16.5. The Morgan fingerprint density at radius 3 is 2.00 bits per heavy atom. The lowest BCUT2D eigenvalue weighted by Gasteiger charge is -2.18. The van der Waals surface area contributed by atoms with E-state index in [1.165, 1.54) is 24.9 Å². The molecule has 0 aliphatic rings. The van der Waals surface area contributed by atoms with Crippen LogP contribution in [0.5, 0.6) is 11.5 Å². The molecule has 0 fully saturated rings. The summed E-state index contributed by atoms with van der Waals surface area (Å²) >= 11 is 4.81. The lowest BCUT2D eigenvalue weighted by Crippen LogP contribution is -2.30. The lowest BCUT2D eigenvalue weighted by atomic mass is 10.1. The van der Waals surface area contributed by atoms with E-state index in [-0.39, 0.29) is 11.6 Å². The first-order valence-electron chi connectivity index (χ1n) is 14.8. The van der Waals surface area contributed by atoms with Crippen molar-refractivity contribution < 1.29 is 23.9 Å². The van der Waals surface area contributed by atoms with Crippen LogP contribution in [-0.2, 0) is 9.59 Å². The average molecular weight is 723 g/mol. The van der Waals surface area contributed by atoms with Gasteiger partial charge in [-0.2, -0.15) is 0 Å². The molecule has 5 rings (SSSR count). The topological polar surface area (TPSA) is 106 Å². The average Bonchev–Trinajstić information content (AvgIpc) is 3.12. The van der Waals surface area contributed by atoms with Crippen LogP contribution < -0.4 is 25.4 Å². The number of thioether (sulfide) groups is 1. The molecule has 10 heteroatoms. The zero-order valence-corrected chi connectivity index (χ0v) is 28.5. The second-order valence-electron chi connectivity index (χ2n) is 10.4. The van der Waals surface area contributed by atoms with Gasteiger partial charge >= 0.3 is 0 Å². The van der Waals surface area contributed by atoms with Gasteiger partial charge in [0.15, 0.2) is 0 Å². The van der Waals surface area contributed by atoms with Gasteiger partial charge in [-0.15, -0.1) is 11.8 Å². The van der Waals surface area contributed by atoms with Gasteiger partial charge in [0.05, 0.1) is 14.2 Å². The normalized spacial score (nSPS) is 11.6. The summed E-state index contributed by atoms with van der Waals surface area (Å²) in [6.45, 7) is 0. The number of amides is 3. The lowest BCUT2D eigenvalue weighted by molar-refractivity contribution is -0.116. The zero-order chi connectivity index (χ0) is 33.9. The second-order valence-corrected chi connectivity index (χ2v) is 12.5. The Kier molecular flexibility index (Phi) is 11.7. The van der Waals surface area contributed by atoms with Crippen LogP contribution in [0.4, 0.5) is 11.4 Å². The van der Waals surface area contributed by atoms with Gasteiger partial charge in [0.1, 0.15) is 22.4 Å². The molecule has 0 spiro atoms. The first kappa shape index (κ1) is 34.0. The number of rotatable bonds is 12. The first-order chi connectivity index (χ1) is 23.3. The van der Waals surface area contributed by atoms with Gasteiger partial charge in [-0.05, 0) is 90.5 Å². The third-order valence-corrected chi connectivity index (χ3v) is 8.88. The Balaban J connectivity index is 1.36. The molecule has 0 saturated carbocycles. The third-order valence-electron chi connectivity index (χ3n) is 7.08. The molecule has 5 aromatic rings. The minimum absolute atomic E-state index is 0.00242. The molecule has 8 nitrogen and oxygen atoms in total. The summed E-state index contributed by atoms with van der Waals surface area (Å²) in [4.78, 5) is 41.0. The van der Waals surface area contributed by atoms with Gasteiger partial charge in [0.2, 0.25) is 5.91 Å². The fourth-order valence-corrected chi connectivity index (χ4v) is 5.93. The van der Waals surface area contributed by atoms with Gasteiger partial charge in [0.25, 0.3) is 11.8 Å². The molecule has 242 valence electrons. The highest BCUT2D eigenvalue weighted by Crippen LogP contribution is 2.37. The smallest absolute Gasteiger partial charge is 0.272 e. The van der Waals surface area contributed by atoms with Crippen molar-refractivity contribution in [1.82, 2.24) is 5.32 Å². The fourth-order valence-electron chi connectivity index (χ4n) is 4.64. The van der Waals surface area contributed by atoms with Crippen LogP contribution in [0.3, 0.4) is 0 Å². The van der Waals surface area contributed by atoms with E-state index in [0.717, 1.165) is 14.9 Å². The quantitative estimate of drug-likeness (QED) is 0.0884. The van der Waals surface area contributed by atoms with Crippen molar-refractivity contribution in [2.75, 3.05) is 24.9 Å². The van der Waals surface area contributed by atoms with Gasteiger partial charge in [-0.3, -0.25) is 14.4 Å². The molecule has 5 aromatic carbocycles. The number of methoxy groups -OCH3 is 2. The molecule has 0 aliphatic heterocycles. The summed E-state index contributed by atoms with van der Waals surface area (Å²) < 4.78 is 11.8. The molecular formula is C38H32BrN3O5S. The van der Waals surface area contributed by atoms with Gasteiger partial charge in [-0.1, -0.05) is 64.5 Å². The maximum Gasteiger partial charge on any atom is 0.272 e. The van der Waals surface area contributed by atoms with E-state index in [1.807, 2.05) is 66.7 Å². The second kappa shape index (κ2) is 16.5. The van der Waals surface area contributed by atoms with E-state index in [1.54, 1.807) is 67.8 Å². The Labute approximate surface area is 291 Å². The Morgan fingerprint density at radius 1 is 0.729 bits per heavy atom. The van der Waals surface area contributed by atoms with Crippen LogP contribution >= 0.6 is 27.7 Å². The van der Waals surface area contributed by atoms with Crippen molar-refractivity contribution in [3.05, 3.63) is 154 Å². The van der Waals surface area contributed by atoms with E-state index in [2.05, 4.69) is 31.9 Å². The molecule has 48 heavy (non-hydrogen) atoms. The fraction of sp³-hybridized carbons (Fsp3) is 0.0789. The Hall–Kier alpha value is -5.32. The number of benzene rings is 5. The summed E-state index contributed by atoms with van der Waals surface area (Å²) in [7, 11) is 3.06. The van der Waals surface area contributed by atoms with Crippen LogP contribution in [0.15, 0.2) is 142 Å². The number of nitrogens with one attached hydrogen (secondary N) is 3. The predicted octanol–water partition coefficient (Wildman–Crippen LogP) is 8.35. The number of ether oxygens (including phenoxy) is 2. The number of carbonyl (C=O) groups is 3. The van der Waals surface area contributed by atoms with Crippen molar-refractivity contribution in [1.29, 1.82) is 0 Å². The third kappa shape index (κ3) is 9.15. The maximum absolute atomic E-state index is 13.6. The highest BCUT2D eigenvalue weighted by molar-refractivity contribution is 9.10. The number of hydrogen-bond donors (Lipinski definition) is 3. The van der Waals surface area contributed by atoms with Crippen LogP contribution in [0.1, 0.15) is 26.7 Å². The molecule has 0 aliphatic carbocycles. The van der Waals surface area contributed by atoms with Gasteiger partial charge in [0, 0.05) is 31.9 Å². The predicted molar refractivity (Wildman–Crippen MR) is 194 cm³/mol. The van der Waals surface area contributed by atoms with Crippen molar-refractivity contribution in [3.8, 4) is 11.5 Å². The highest BCUT2D eigenvalue weighted by Gasteiger charge is 2.23. The van der Waals surface area contributed by atoms with Crippen LogP contribution in [0, 0.1) is 0 Å². The van der Waals surface area contributed by atoms with E-state index in [4.69, 9.17) is 9.47 Å². The summed E-state index contributed by atoms with van der Waals surface area (Å²) in [6, 6.07) is 37.9. The van der Waals surface area contributed by atoms with Crippen LogP contribution in [-0.4, -0.2) is 31.9 Å². The summed E-state index contributed by atoms with van der Waals surface area (Å²) in [5.74, 6) is -0.0976. The molecule has 0 bridgehead atoms. The van der Waals surface area contributed by atoms with E-state index in [0.29, 0.717) is 34.0 Å². The van der Waals surface area contributed by atoms with E-state index >= 15 is 0 Å². The summed E-state index contributed by atoms with van der Waals surface area (Å²) in [5.41, 5.74) is 2.98.